The molecule has 1 unspecified atom stereocenters. The van der Waals surface area contributed by atoms with Crippen molar-refractivity contribution in [3.05, 3.63) is 36.2 Å². The molecule has 6 rings (SSSR count). The molecular formula is C24H29N5O2S. The van der Waals surface area contributed by atoms with Gasteiger partial charge in [-0.25, -0.2) is 15.0 Å². The minimum Gasteiger partial charge on any atom is -0.497 e. The van der Waals surface area contributed by atoms with Crippen LogP contribution in [0.5, 0.6) is 11.5 Å². The molecule has 0 aliphatic heterocycles. The number of rotatable bonds is 7. The summed E-state index contributed by atoms with van der Waals surface area (Å²) in [6.45, 7) is 5.60. The first kappa shape index (κ1) is 21.1. The lowest BCUT2D eigenvalue weighted by Gasteiger charge is -2.55. The number of methoxy groups -OCH3 is 2. The average Bonchev–Trinajstić information content (AvgIpc) is 3.16. The zero-order valence-electron chi connectivity index (χ0n) is 19.0. The van der Waals surface area contributed by atoms with Crippen molar-refractivity contribution in [2.24, 2.45) is 17.3 Å². The van der Waals surface area contributed by atoms with E-state index in [1.165, 1.54) is 30.9 Å². The molecule has 1 saturated carbocycles. The van der Waals surface area contributed by atoms with Gasteiger partial charge in [0.25, 0.3) is 0 Å². The normalized spacial score (nSPS) is 21.2. The Kier molecular flexibility index (Phi) is 5.28. The Labute approximate surface area is 192 Å². The number of nitrogen functional groups attached to an aromatic ring is 1. The van der Waals surface area contributed by atoms with Gasteiger partial charge < -0.3 is 19.8 Å². The SMILES string of the molecule is COc1ccc(OC)c(Sc2nc3c(N)ncnc3n2CCC2=C[C@@H]3CC(C2)C3(C)C)c1. The fourth-order valence-corrected chi connectivity index (χ4v) is 6.02. The molecule has 1 aromatic carbocycles. The second-order valence-corrected chi connectivity index (χ2v) is 10.2. The fraction of sp³-hybridized carbons (Fsp3) is 0.458. The monoisotopic (exact) mass is 451 g/mol. The number of nitrogens with zero attached hydrogens (tertiary/aromatic N) is 4. The van der Waals surface area contributed by atoms with Crippen molar-refractivity contribution in [1.82, 2.24) is 19.5 Å². The Hall–Kier alpha value is -2.74. The number of hydrogen-bond acceptors (Lipinski definition) is 7. The molecular weight excluding hydrogens is 422 g/mol. The van der Waals surface area contributed by atoms with Gasteiger partial charge in [0, 0.05) is 6.54 Å². The Morgan fingerprint density at radius 2 is 2.06 bits per heavy atom. The second-order valence-electron chi connectivity index (χ2n) is 9.24. The molecule has 1 fully saturated rings. The molecule has 2 heterocycles. The van der Waals surface area contributed by atoms with Gasteiger partial charge in [-0.15, -0.1) is 0 Å². The van der Waals surface area contributed by atoms with Crippen molar-refractivity contribution in [1.29, 1.82) is 0 Å². The van der Waals surface area contributed by atoms with Crippen LogP contribution in [0.3, 0.4) is 0 Å². The quantitative estimate of drug-likeness (QED) is 0.508. The van der Waals surface area contributed by atoms with Crippen LogP contribution >= 0.6 is 11.8 Å². The number of imidazole rings is 1. The maximum absolute atomic E-state index is 6.13. The van der Waals surface area contributed by atoms with Crippen LogP contribution in [0.1, 0.15) is 33.1 Å². The predicted molar refractivity (Wildman–Crippen MR) is 126 cm³/mol. The third-order valence-corrected chi connectivity index (χ3v) is 8.28. The van der Waals surface area contributed by atoms with Crippen LogP contribution in [0.15, 0.2) is 46.2 Å². The van der Waals surface area contributed by atoms with Crippen molar-refractivity contribution in [2.45, 2.75) is 49.7 Å². The highest BCUT2D eigenvalue weighted by Gasteiger charge is 2.49. The largest absolute Gasteiger partial charge is 0.497 e. The maximum atomic E-state index is 6.13. The lowest BCUT2D eigenvalue weighted by Crippen LogP contribution is -2.46. The van der Waals surface area contributed by atoms with Gasteiger partial charge in [0.05, 0.1) is 19.1 Å². The standard InChI is InChI=1S/C24H29N5O2S/c1-24(2)15-9-14(10-16(24)11-15)7-8-29-22-20(21(25)26-13-27-22)28-23(29)32-19-12-17(30-3)5-6-18(19)31-4/h5-6,9,12-13,15-16H,7-8,10-11H2,1-4H3,(H2,25,26,27)/t15-,16?/m1/s1. The molecule has 2 N–H and O–H groups in total. The summed E-state index contributed by atoms with van der Waals surface area (Å²) in [4.78, 5) is 14.4. The van der Waals surface area contributed by atoms with E-state index < -0.39 is 0 Å². The fourth-order valence-electron chi connectivity index (χ4n) is 4.97. The van der Waals surface area contributed by atoms with Gasteiger partial charge in [0.15, 0.2) is 22.1 Å². The van der Waals surface area contributed by atoms with E-state index in [1.54, 1.807) is 19.8 Å². The molecule has 3 aromatic rings. The minimum absolute atomic E-state index is 0.396. The molecule has 0 amide bonds. The lowest BCUT2D eigenvalue weighted by molar-refractivity contribution is -0.00186. The molecule has 7 nitrogen and oxygen atoms in total. The molecule has 0 radical (unpaired) electrons. The molecule has 2 bridgehead atoms. The highest BCUT2D eigenvalue weighted by Crippen LogP contribution is 2.58. The molecule has 3 aliphatic rings. The number of allylic oxidation sites excluding steroid dienone is 2. The van der Waals surface area contributed by atoms with Crippen molar-refractivity contribution >= 4 is 28.7 Å². The van der Waals surface area contributed by atoms with Gasteiger partial charge in [-0.2, -0.15) is 0 Å². The maximum Gasteiger partial charge on any atom is 0.175 e. The summed E-state index contributed by atoms with van der Waals surface area (Å²) in [5.41, 5.74) is 9.54. The topological polar surface area (TPSA) is 88.1 Å². The predicted octanol–water partition coefficient (Wildman–Crippen LogP) is 4.96. The summed E-state index contributed by atoms with van der Waals surface area (Å²) in [6.07, 6.45) is 7.54. The van der Waals surface area contributed by atoms with E-state index in [4.69, 9.17) is 20.2 Å². The van der Waals surface area contributed by atoms with Crippen molar-refractivity contribution in [2.75, 3.05) is 20.0 Å². The van der Waals surface area contributed by atoms with Gasteiger partial charge in [0.2, 0.25) is 0 Å². The van der Waals surface area contributed by atoms with E-state index in [-0.39, 0.29) is 0 Å². The van der Waals surface area contributed by atoms with Crippen LogP contribution in [0.4, 0.5) is 5.82 Å². The van der Waals surface area contributed by atoms with Crippen LogP contribution in [-0.2, 0) is 6.54 Å². The first-order chi connectivity index (χ1) is 15.4. The minimum atomic E-state index is 0.396. The molecule has 0 saturated heterocycles. The average molecular weight is 452 g/mol. The van der Waals surface area contributed by atoms with Gasteiger partial charge in [-0.05, 0) is 66.5 Å². The van der Waals surface area contributed by atoms with E-state index in [0.29, 0.717) is 22.7 Å². The van der Waals surface area contributed by atoms with Gasteiger partial charge in [0.1, 0.15) is 17.8 Å². The zero-order chi connectivity index (χ0) is 22.5. The van der Waals surface area contributed by atoms with Crippen molar-refractivity contribution in [3.63, 3.8) is 0 Å². The summed E-state index contributed by atoms with van der Waals surface area (Å²) in [5.74, 6) is 3.45. The van der Waals surface area contributed by atoms with E-state index in [0.717, 1.165) is 46.1 Å². The highest BCUT2D eigenvalue weighted by molar-refractivity contribution is 7.99. The van der Waals surface area contributed by atoms with E-state index in [2.05, 4.69) is 34.5 Å². The van der Waals surface area contributed by atoms with Gasteiger partial charge >= 0.3 is 0 Å². The number of anilines is 1. The van der Waals surface area contributed by atoms with Crippen LogP contribution in [0.2, 0.25) is 0 Å². The lowest BCUT2D eigenvalue weighted by atomic mass is 9.50. The zero-order valence-corrected chi connectivity index (χ0v) is 19.8. The molecule has 32 heavy (non-hydrogen) atoms. The van der Waals surface area contributed by atoms with Crippen molar-refractivity contribution < 1.29 is 9.47 Å². The Bertz CT molecular complexity index is 1200. The second kappa shape index (κ2) is 7.99. The smallest absolute Gasteiger partial charge is 0.175 e. The summed E-state index contributed by atoms with van der Waals surface area (Å²) in [7, 11) is 3.33. The highest BCUT2D eigenvalue weighted by atomic mass is 32.2. The number of benzene rings is 1. The van der Waals surface area contributed by atoms with Crippen LogP contribution in [0.25, 0.3) is 11.2 Å². The molecule has 0 spiro atoms. The first-order valence-corrected chi connectivity index (χ1v) is 11.8. The Balaban J connectivity index is 1.47. The first-order valence-electron chi connectivity index (χ1n) is 11.0. The number of hydrogen-bond donors (Lipinski definition) is 1. The number of ether oxygens (including phenoxy) is 2. The van der Waals surface area contributed by atoms with E-state index in [9.17, 15) is 0 Å². The van der Waals surface area contributed by atoms with Gasteiger partial charge in [-0.1, -0.05) is 25.5 Å². The summed E-state index contributed by atoms with van der Waals surface area (Å²) < 4.78 is 13.1. The van der Waals surface area contributed by atoms with Crippen LogP contribution < -0.4 is 15.2 Å². The molecule has 168 valence electrons. The number of aryl methyl sites for hydroxylation is 1. The number of fused-ring (bicyclic) bond motifs is 2. The summed E-state index contributed by atoms with van der Waals surface area (Å²) >= 11 is 1.53. The van der Waals surface area contributed by atoms with Crippen LogP contribution in [0, 0.1) is 17.3 Å². The van der Waals surface area contributed by atoms with Gasteiger partial charge in [-0.3, -0.25) is 0 Å². The molecule has 3 aliphatic carbocycles. The van der Waals surface area contributed by atoms with Crippen molar-refractivity contribution in [3.8, 4) is 11.5 Å². The van der Waals surface area contributed by atoms with E-state index in [1.807, 2.05) is 18.2 Å². The third kappa shape index (κ3) is 3.50. The molecule has 8 heteroatoms. The molecule has 2 atom stereocenters. The summed E-state index contributed by atoms with van der Waals surface area (Å²) in [6, 6.07) is 5.75. The Morgan fingerprint density at radius 3 is 2.75 bits per heavy atom. The number of aromatic nitrogens is 4. The molecule has 2 aromatic heterocycles. The summed E-state index contributed by atoms with van der Waals surface area (Å²) in [5, 5.41) is 0.820. The Morgan fingerprint density at radius 1 is 1.22 bits per heavy atom. The van der Waals surface area contributed by atoms with Crippen LogP contribution in [-0.4, -0.2) is 33.7 Å². The number of nitrogens with two attached hydrogens (primary N) is 1. The third-order valence-electron chi connectivity index (χ3n) is 7.25. The van der Waals surface area contributed by atoms with E-state index >= 15 is 0 Å².